The third kappa shape index (κ3) is 6.92. The highest BCUT2D eigenvalue weighted by Gasteiger charge is 2.17. The molecule has 11 rings (SSSR count). The number of para-hydroxylation sites is 2. The smallest absolute Gasteiger partial charge is 0.164 e. The van der Waals surface area contributed by atoms with Crippen molar-refractivity contribution in [1.82, 2.24) is 29.5 Å². The summed E-state index contributed by atoms with van der Waals surface area (Å²) < 4.78 is 2.32. The molecule has 286 valence electrons. The zero-order valence-electron chi connectivity index (χ0n) is 33.0. The highest BCUT2D eigenvalue weighted by molar-refractivity contribution is 6.10. The Balaban J connectivity index is 1.01. The van der Waals surface area contributed by atoms with Crippen LogP contribution in [0, 0.1) is 0 Å². The normalized spacial score (nSPS) is 11.3. The van der Waals surface area contributed by atoms with Crippen molar-refractivity contribution in [3.8, 4) is 84.9 Å². The largest absolute Gasteiger partial charge is 0.309 e. The first-order chi connectivity index (χ1) is 30.2. The van der Waals surface area contributed by atoms with Crippen molar-refractivity contribution in [3.63, 3.8) is 0 Å². The molecule has 0 spiro atoms. The average molecular weight is 781 g/mol. The third-order valence-corrected chi connectivity index (χ3v) is 11.1. The van der Waals surface area contributed by atoms with Crippen LogP contribution in [0.5, 0.6) is 0 Å². The minimum Gasteiger partial charge on any atom is -0.309 e. The van der Waals surface area contributed by atoms with Crippen LogP contribution in [0.25, 0.3) is 107 Å². The molecule has 3 aromatic heterocycles. The molecule has 3 heterocycles. The molecule has 8 aromatic carbocycles. The summed E-state index contributed by atoms with van der Waals surface area (Å²) in [6.45, 7) is 0. The van der Waals surface area contributed by atoms with Crippen molar-refractivity contribution in [1.29, 1.82) is 0 Å². The molecule has 0 aliphatic rings. The maximum absolute atomic E-state index is 5.18. The average Bonchev–Trinajstić information content (AvgIpc) is 3.68. The van der Waals surface area contributed by atoms with Crippen LogP contribution in [0.3, 0.4) is 0 Å². The van der Waals surface area contributed by atoms with Crippen LogP contribution in [0.15, 0.2) is 218 Å². The van der Waals surface area contributed by atoms with Gasteiger partial charge in [-0.2, -0.15) is 0 Å². The molecule has 61 heavy (non-hydrogen) atoms. The van der Waals surface area contributed by atoms with Crippen LogP contribution < -0.4 is 0 Å². The fraction of sp³-hybridized carbons (Fsp3) is 0. The summed E-state index contributed by atoms with van der Waals surface area (Å²) >= 11 is 0. The van der Waals surface area contributed by atoms with Crippen LogP contribution in [-0.2, 0) is 0 Å². The Kier molecular flexibility index (Phi) is 9.06. The molecule has 0 atom stereocenters. The molecule has 0 amide bonds. The number of hydrogen-bond donors (Lipinski definition) is 0. The van der Waals surface area contributed by atoms with Gasteiger partial charge in [0.1, 0.15) is 0 Å². The molecule has 0 aliphatic heterocycles. The lowest BCUT2D eigenvalue weighted by Crippen LogP contribution is -2.00. The molecule has 11 aromatic rings. The SMILES string of the molecule is c1ccc(-c2cc(-c3cccc(-c4cccc(-c5nc(-c6ccccc6)nc(-c6ccc7c(c6)c6ccccc6n7-c6ccccc6)n5)c4)c3)nc(-c3ccccc3)n2)cc1. The number of aromatic nitrogens is 6. The Morgan fingerprint density at radius 1 is 0.246 bits per heavy atom. The van der Waals surface area contributed by atoms with Gasteiger partial charge >= 0.3 is 0 Å². The molecular weight excluding hydrogens is 745 g/mol. The highest BCUT2D eigenvalue weighted by atomic mass is 15.0. The number of rotatable bonds is 8. The van der Waals surface area contributed by atoms with Crippen LogP contribution in [0.1, 0.15) is 0 Å². The van der Waals surface area contributed by atoms with E-state index in [0.717, 1.165) is 78.0 Å². The number of nitrogens with zero attached hydrogens (tertiary/aromatic N) is 6. The van der Waals surface area contributed by atoms with E-state index in [-0.39, 0.29) is 0 Å². The lowest BCUT2D eigenvalue weighted by atomic mass is 9.99. The van der Waals surface area contributed by atoms with E-state index in [1.54, 1.807) is 0 Å². The fourth-order valence-electron chi connectivity index (χ4n) is 8.08. The van der Waals surface area contributed by atoms with Crippen molar-refractivity contribution in [2.45, 2.75) is 0 Å². The molecule has 0 fully saturated rings. The van der Waals surface area contributed by atoms with E-state index in [0.29, 0.717) is 23.3 Å². The highest BCUT2D eigenvalue weighted by Crippen LogP contribution is 2.36. The first-order valence-electron chi connectivity index (χ1n) is 20.3. The van der Waals surface area contributed by atoms with Gasteiger partial charge in [0.25, 0.3) is 0 Å². The number of benzene rings is 8. The molecule has 0 bridgehead atoms. The molecule has 6 nitrogen and oxygen atoms in total. The van der Waals surface area contributed by atoms with Gasteiger partial charge in [-0.15, -0.1) is 0 Å². The predicted molar refractivity (Wildman–Crippen MR) is 248 cm³/mol. The minimum atomic E-state index is 0.601. The first-order valence-corrected chi connectivity index (χ1v) is 20.3. The molecule has 6 heteroatoms. The predicted octanol–water partition coefficient (Wildman–Crippen LogP) is 13.4. The van der Waals surface area contributed by atoms with Crippen LogP contribution in [-0.4, -0.2) is 29.5 Å². The molecule has 0 saturated carbocycles. The maximum atomic E-state index is 5.18. The molecule has 0 aliphatic carbocycles. The second kappa shape index (κ2) is 15.4. The van der Waals surface area contributed by atoms with Crippen molar-refractivity contribution in [2.75, 3.05) is 0 Å². The Morgan fingerprint density at radius 2 is 0.672 bits per heavy atom. The van der Waals surface area contributed by atoms with Gasteiger partial charge in [-0.25, -0.2) is 24.9 Å². The summed E-state index contributed by atoms with van der Waals surface area (Å²) in [5, 5.41) is 2.31. The molecule has 0 unspecified atom stereocenters. The van der Waals surface area contributed by atoms with Crippen molar-refractivity contribution in [2.24, 2.45) is 0 Å². The fourth-order valence-corrected chi connectivity index (χ4v) is 8.08. The second-order valence-corrected chi connectivity index (χ2v) is 14.9. The summed E-state index contributed by atoms with van der Waals surface area (Å²) in [7, 11) is 0. The van der Waals surface area contributed by atoms with Gasteiger partial charge in [-0.1, -0.05) is 164 Å². The van der Waals surface area contributed by atoms with E-state index < -0.39 is 0 Å². The molecule has 0 radical (unpaired) electrons. The summed E-state index contributed by atoms with van der Waals surface area (Å²) in [4.78, 5) is 25.4. The Bertz CT molecular complexity index is 3290. The summed E-state index contributed by atoms with van der Waals surface area (Å²) in [6.07, 6.45) is 0. The number of fused-ring (bicyclic) bond motifs is 3. The van der Waals surface area contributed by atoms with Crippen LogP contribution >= 0.6 is 0 Å². The van der Waals surface area contributed by atoms with E-state index in [1.807, 2.05) is 72.8 Å². The minimum absolute atomic E-state index is 0.601. The maximum Gasteiger partial charge on any atom is 0.164 e. The van der Waals surface area contributed by atoms with Gasteiger partial charge in [0.05, 0.1) is 22.4 Å². The van der Waals surface area contributed by atoms with Crippen LogP contribution in [0.2, 0.25) is 0 Å². The van der Waals surface area contributed by atoms with Crippen molar-refractivity contribution in [3.05, 3.63) is 218 Å². The summed E-state index contributed by atoms with van der Waals surface area (Å²) in [5.41, 5.74) is 13.0. The first kappa shape index (κ1) is 35.8. The summed E-state index contributed by atoms with van der Waals surface area (Å²) in [6, 6.07) is 75.1. The van der Waals surface area contributed by atoms with E-state index in [4.69, 9.17) is 24.9 Å². The number of hydrogen-bond acceptors (Lipinski definition) is 5. The second-order valence-electron chi connectivity index (χ2n) is 14.9. The molecular formula is C55H36N6. The standard InChI is InChI=1S/C55H36N6/c1-5-17-37(18-6-1)48-36-49(57-52(56-48)38-19-7-2-8-20-38)42-25-15-23-40(33-42)41-24-16-26-43(34-41)54-58-53(39-21-9-3-10-22-39)59-55(60-54)44-31-32-51-47(35-44)46-29-13-14-30-50(46)61(51)45-27-11-4-12-28-45/h1-36H. The Labute approximate surface area is 353 Å². The Hall–Kier alpha value is -8.35. The van der Waals surface area contributed by atoms with Crippen molar-refractivity contribution < 1.29 is 0 Å². The van der Waals surface area contributed by atoms with Gasteiger partial charge in [-0.3, -0.25) is 0 Å². The van der Waals surface area contributed by atoms with Gasteiger partial charge in [0, 0.05) is 49.8 Å². The van der Waals surface area contributed by atoms with Crippen LogP contribution in [0.4, 0.5) is 0 Å². The Morgan fingerprint density at radius 3 is 1.31 bits per heavy atom. The third-order valence-electron chi connectivity index (χ3n) is 11.1. The van der Waals surface area contributed by atoms with E-state index >= 15 is 0 Å². The quantitative estimate of drug-likeness (QED) is 0.154. The van der Waals surface area contributed by atoms with Gasteiger partial charge in [-0.05, 0) is 65.7 Å². The summed E-state index contributed by atoms with van der Waals surface area (Å²) in [5.74, 6) is 2.52. The monoisotopic (exact) mass is 780 g/mol. The lowest BCUT2D eigenvalue weighted by Gasteiger charge is -2.12. The topological polar surface area (TPSA) is 69.4 Å². The van der Waals surface area contributed by atoms with Gasteiger partial charge in [0.15, 0.2) is 23.3 Å². The van der Waals surface area contributed by atoms with E-state index in [1.165, 1.54) is 5.39 Å². The van der Waals surface area contributed by atoms with Gasteiger partial charge in [0.2, 0.25) is 0 Å². The van der Waals surface area contributed by atoms with E-state index in [2.05, 4.69) is 150 Å². The van der Waals surface area contributed by atoms with Crippen molar-refractivity contribution >= 4 is 21.8 Å². The molecule has 0 saturated heterocycles. The zero-order chi connectivity index (χ0) is 40.5. The van der Waals surface area contributed by atoms with Gasteiger partial charge < -0.3 is 4.57 Å². The zero-order valence-corrected chi connectivity index (χ0v) is 33.0. The lowest BCUT2D eigenvalue weighted by molar-refractivity contribution is 1.07. The van der Waals surface area contributed by atoms with E-state index in [9.17, 15) is 0 Å². The molecule has 0 N–H and O–H groups in total.